The zero-order valence-electron chi connectivity index (χ0n) is 21.1. The zero-order chi connectivity index (χ0) is 26.6. The Bertz CT molecular complexity index is 1290. The molecular weight excluding hydrogens is 508 g/mol. The third-order valence-electron chi connectivity index (χ3n) is 6.46. The Morgan fingerprint density at radius 2 is 1.81 bits per heavy atom. The SMILES string of the molecule is Cc1cc(NC(=O)C(C)(C)NC(=O)c2ccc(Cl)s2)ccc1C(=O)N1CCC[C@H]1CNc1ccccc1. The molecule has 3 amide bonds. The number of thiophene rings is 1. The number of amides is 3. The highest BCUT2D eigenvalue weighted by atomic mass is 35.5. The number of nitrogens with one attached hydrogen (secondary N) is 3. The molecule has 2 aromatic carbocycles. The summed E-state index contributed by atoms with van der Waals surface area (Å²) in [6.07, 6.45) is 1.93. The average molecular weight is 539 g/mol. The number of aryl methyl sites for hydroxylation is 1. The summed E-state index contributed by atoms with van der Waals surface area (Å²) in [4.78, 5) is 41.2. The predicted molar refractivity (Wildman–Crippen MR) is 150 cm³/mol. The van der Waals surface area contributed by atoms with E-state index in [1.165, 1.54) is 0 Å². The molecule has 0 spiro atoms. The van der Waals surface area contributed by atoms with Crippen molar-refractivity contribution in [2.45, 2.75) is 45.2 Å². The summed E-state index contributed by atoms with van der Waals surface area (Å²) in [5.74, 6) is -0.736. The molecule has 0 saturated carbocycles. The van der Waals surface area contributed by atoms with Crippen molar-refractivity contribution in [1.82, 2.24) is 10.2 Å². The fraction of sp³-hybridized carbons (Fsp3) is 0.321. The molecule has 0 unspecified atom stereocenters. The molecule has 37 heavy (non-hydrogen) atoms. The number of carbonyl (C=O) groups excluding carboxylic acids is 3. The molecule has 7 nitrogen and oxygen atoms in total. The number of carbonyl (C=O) groups is 3. The minimum atomic E-state index is -1.16. The van der Waals surface area contributed by atoms with Gasteiger partial charge in [-0.15, -0.1) is 11.3 Å². The lowest BCUT2D eigenvalue weighted by Crippen LogP contribution is -2.52. The van der Waals surface area contributed by atoms with Gasteiger partial charge in [0.1, 0.15) is 5.54 Å². The van der Waals surface area contributed by atoms with Gasteiger partial charge in [0.05, 0.1) is 9.21 Å². The van der Waals surface area contributed by atoms with Crippen LogP contribution in [0.5, 0.6) is 0 Å². The van der Waals surface area contributed by atoms with E-state index >= 15 is 0 Å². The van der Waals surface area contributed by atoms with Crippen LogP contribution in [0.1, 0.15) is 52.3 Å². The van der Waals surface area contributed by atoms with Gasteiger partial charge in [0.15, 0.2) is 0 Å². The fourth-order valence-corrected chi connectivity index (χ4v) is 5.31. The molecule has 1 aromatic heterocycles. The Morgan fingerprint density at radius 1 is 1.05 bits per heavy atom. The molecule has 0 radical (unpaired) electrons. The summed E-state index contributed by atoms with van der Waals surface area (Å²) in [6, 6.07) is 18.6. The minimum absolute atomic E-state index is 0.00469. The summed E-state index contributed by atoms with van der Waals surface area (Å²) in [7, 11) is 0. The molecule has 4 rings (SSSR count). The maximum absolute atomic E-state index is 13.4. The molecule has 194 valence electrons. The van der Waals surface area contributed by atoms with Crippen LogP contribution in [0.3, 0.4) is 0 Å². The number of hydrogen-bond acceptors (Lipinski definition) is 5. The lowest BCUT2D eigenvalue weighted by atomic mass is 10.0. The molecule has 1 fully saturated rings. The smallest absolute Gasteiger partial charge is 0.262 e. The van der Waals surface area contributed by atoms with Crippen LogP contribution in [0.15, 0.2) is 60.7 Å². The maximum Gasteiger partial charge on any atom is 0.262 e. The highest BCUT2D eigenvalue weighted by Gasteiger charge is 2.32. The molecule has 0 bridgehead atoms. The second-order valence-corrected chi connectivity index (χ2v) is 11.4. The van der Waals surface area contributed by atoms with E-state index in [0.29, 0.717) is 27.0 Å². The molecular formula is C28H31ClN4O3S. The van der Waals surface area contributed by atoms with Gasteiger partial charge in [-0.2, -0.15) is 0 Å². The largest absolute Gasteiger partial charge is 0.383 e. The average Bonchev–Trinajstić information content (AvgIpc) is 3.52. The molecule has 3 aromatic rings. The first-order valence-electron chi connectivity index (χ1n) is 12.2. The Hall–Kier alpha value is -3.36. The van der Waals surface area contributed by atoms with E-state index < -0.39 is 5.54 Å². The lowest BCUT2D eigenvalue weighted by Gasteiger charge is -2.27. The van der Waals surface area contributed by atoms with Gasteiger partial charge in [-0.1, -0.05) is 29.8 Å². The molecule has 1 aliphatic heterocycles. The van der Waals surface area contributed by atoms with E-state index in [2.05, 4.69) is 16.0 Å². The van der Waals surface area contributed by atoms with Gasteiger partial charge in [0.2, 0.25) is 5.91 Å². The van der Waals surface area contributed by atoms with Crippen molar-refractivity contribution in [2.75, 3.05) is 23.7 Å². The molecule has 1 atom stereocenters. The second kappa shape index (κ2) is 11.4. The first-order chi connectivity index (χ1) is 17.6. The van der Waals surface area contributed by atoms with E-state index in [9.17, 15) is 14.4 Å². The Labute approximate surface area is 226 Å². The summed E-state index contributed by atoms with van der Waals surface area (Å²) >= 11 is 7.07. The van der Waals surface area contributed by atoms with E-state index in [4.69, 9.17) is 11.6 Å². The van der Waals surface area contributed by atoms with Crippen molar-refractivity contribution < 1.29 is 14.4 Å². The van der Waals surface area contributed by atoms with Crippen LogP contribution in [-0.4, -0.2) is 47.3 Å². The van der Waals surface area contributed by atoms with Gasteiger partial charge >= 0.3 is 0 Å². The molecule has 1 aliphatic rings. The lowest BCUT2D eigenvalue weighted by molar-refractivity contribution is -0.120. The third kappa shape index (κ3) is 6.50. The Kier molecular flexibility index (Phi) is 8.19. The molecule has 2 heterocycles. The number of para-hydroxylation sites is 1. The van der Waals surface area contributed by atoms with E-state index in [1.807, 2.05) is 42.2 Å². The number of nitrogens with zero attached hydrogens (tertiary/aromatic N) is 1. The van der Waals surface area contributed by atoms with Crippen LogP contribution < -0.4 is 16.0 Å². The van der Waals surface area contributed by atoms with Crippen molar-refractivity contribution in [3.05, 3.63) is 81.0 Å². The van der Waals surface area contributed by atoms with Gasteiger partial charge in [0, 0.05) is 36.1 Å². The highest BCUT2D eigenvalue weighted by Crippen LogP contribution is 2.25. The van der Waals surface area contributed by atoms with Gasteiger partial charge in [-0.3, -0.25) is 14.4 Å². The van der Waals surface area contributed by atoms with Crippen LogP contribution >= 0.6 is 22.9 Å². The van der Waals surface area contributed by atoms with Crippen LogP contribution in [-0.2, 0) is 4.79 Å². The number of likely N-dealkylation sites (tertiary alicyclic amines) is 1. The van der Waals surface area contributed by atoms with Crippen molar-refractivity contribution in [3.63, 3.8) is 0 Å². The van der Waals surface area contributed by atoms with Gasteiger partial charge in [0.25, 0.3) is 11.8 Å². The quantitative estimate of drug-likeness (QED) is 0.349. The highest BCUT2D eigenvalue weighted by molar-refractivity contribution is 7.18. The number of anilines is 2. The Morgan fingerprint density at radius 3 is 2.49 bits per heavy atom. The first kappa shape index (κ1) is 26.7. The van der Waals surface area contributed by atoms with Crippen molar-refractivity contribution >= 4 is 52.0 Å². The normalized spacial score (nSPS) is 15.4. The minimum Gasteiger partial charge on any atom is -0.383 e. The Balaban J connectivity index is 1.38. The van der Waals surface area contributed by atoms with Gasteiger partial charge in [-0.05, 0) is 81.6 Å². The third-order valence-corrected chi connectivity index (χ3v) is 7.69. The molecule has 0 aliphatic carbocycles. The summed E-state index contributed by atoms with van der Waals surface area (Å²) in [6.45, 7) is 6.56. The number of halogens is 1. The van der Waals surface area contributed by atoms with E-state index in [-0.39, 0.29) is 23.8 Å². The molecule has 3 N–H and O–H groups in total. The predicted octanol–water partition coefficient (Wildman–Crippen LogP) is 5.57. The number of rotatable bonds is 8. The van der Waals surface area contributed by atoms with Gasteiger partial charge < -0.3 is 20.9 Å². The topological polar surface area (TPSA) is 90.5 Å². The first-order valence-corrected chi connectivity index (χ1v) is 13.4. The van der Waals surface area contributed by atoms with Crippen molar-refractivity contribution in [2.24, 2.45) is 0 Å². The van der Waals surface area contributed by atoms with Crippen LogP contribution in [0, 0.1) is 6.92 Å². The van der Waals surface area contributed by atoms with Crippen LogP contribution in [0.25, 0.3) is 0 Å². The molecule has 9 heteroatoms. The fourth-order valence-electron chi connectivity index (χ4n) is 4.37. The van der Waals surface area contributed by atoms with Crippen LogP contribution in [0.2, 0.25) is 4.34 Å². The summed E-state index contributed by atoms with van der Waals surface area (Å²) < 4.78 is 0.505. The van der Waals surface area contributed by atoms with E-state index in [1.54, 1.807) is 44.2 Å². The van der Waals surface area contributed by atoms with Crippen LogP contribution in [0.4, 0.5) is 11.4 Å². The van der Waals surface area contributed by atoms with Gasteiger partial charge in [-0.25, -0.2) is 0 Å². The summed E-state index contributed by atoms with van der Waals surface area (Å²) in [5, 5.41) is 9.04. The maximum atomic E-state index is 13.4. The second-order valence-electron chi connectivity index (χ2n) is 9.71. The van der Waals surface area contributed by atoms with Crippen molar-refractivity contribution in [3.8, 4) is 0 Å². The van der Waals surface area contributed by atoms with Crippen molar-refractivity contribution in [1.29, 1.82) is 0 Å². The molecule has 1 saturated heterocycles. The summed E-state index contributed by atoms with van der Waals surface area (Å²) in [5.41, 5.74) is 1.83. The standard InChI is InChI=1S/C28H31ClN4O3S/c1-18-16-20(31-27(36)28(2,3)32-25(34)23-13-14-24(29)37-23)11-12-22(18)26(35)33-15-7-10-21(33)17-30-19-8-5-4-6-9-19/h4-6,8-9,11-14,16,21,30H,7,10,15,17H2,1-3H3,(H,31,36)(H,32,34)/t21-/m0/s1. The monoisotopic (exact) mass is 538 g/mol. The number of benzene rings is 2. The van der Waals surface area contributed by atoms with E-state index in [0.717, 1.165) is 42.0 Å². The number of hydrogen-bond donors (Lipinski definition) is 3. The zero-order valence-corrected chi connectivity index (χ0v) is 22.7.